The van der Waals surface area contributed by atoms with Gasteiger partial charge in [-0.25, -0.2) is 13.7 Å². The van der Waals surface area contributed by atoms with Crippen LogP contribution in [-0.4, -0.2) is 62.2 Å². The highest BCUT2D eigenvalue weighted by atomic mass is 35.5. The van der Waals surface area contributed by atoms with Gasteiger partial charge in [0.05, 0.1) is 22.2 Å². The molecule has 0 spiro atoms. The molecule has 0 aliphatic rings. The molecule has 1 heterocycles. The monoisotopic (exact) mass is 568 g/mol. The first-order valence-electron chi connectivity index (χ1n) is 8.82. The van der Waals surface area contributed by atoms with E-state index < -0.39 is 85.6 Å². The molecule has 0 saturated carbocycles. The largest absolute Gasteiger partial charge is 0.476 e. The molecule has 0 fully saturated rings. The van der Waals surface area contributed by atoms with Crippen LogP contribution in [0, 0.1) is 11.3 Å². The van der Waals surface area contributed by atoms with Crippen molar-refractivity contribution in [2.24, 2.45) is 0 Å². The molecule has 2 aromatic rings. The van der Waals surface area contributed by atoms with Gasteiger partial charge in [0.1, 0.15) is 29.4 Å². The lowest BCUT2D eigenvalue weighted by atomic mass is 10.2. The van der Waals surface area contributed by atoms with Gasteiger partial charge in [0.2, 0.25) is 0 Å². The lowest BCUT2D eigenvalue weighted by molar-refractivity contribution is -0.137. The predicted octanol–water partition coefficient (Wildman–Crippen LogP) is 3.62. The molecule has 18 heteroatoms. The Kier molecular flexibility index (Phi) is 8.66. The van der Waals surface area contributed by atoms with Crippen molar-refractivity contribution in [2.45, 2.75) is 22.7 Å². The van der Waals surface area contributed by atoms with Crippen molar-refractivity contribution in [3.05, 3.63) is 33.4 Å². The minimum absolute atomic E-state index is 0.293. The maximum Gasteiger partial charge on any atom is 0.476 e. The maximum atomic E-state index is 13.3. The van der Waals surface area contributed by atoms with Crippen molar-refractivity contribution < 1.29 is 50.3 Å². The van der Waals surface area contributed by atoms with Gasteiger partial charge in [-0.05, 0) is 12.1 Å². The van der Waals surface area contributed by atoms with Crippen molar-refractivity contribution >= 4 is 45.9 Å². The number of nitriles is 1. The summed E-state index contributed by atoms with van der Waals surface area (Å²) in [7, 11) is -3.17. The first-order valence-corrected chi connectivity index (χ1v) is 10.7. The van der Waals surface area contributed by atoms with E-state index in [9.17, 15) is 45.7 Å². The van der Waals surface area contributed by atoms with Crippen LogP contribution >= 0.6 is 23.2 Å². The van der Waals surface area contributed by atoms with Gasteiger partial charge in [0.15, 0.2) is 22.3 Å². The summed E-state index contributed by atoms with van der Waals surface area (Å²) < 4.78 is 96.4. The molecule has 192 valence electrons. The van der Waals surface area contributed by atoms with Gasteiger partial charge in [0, 0.05) is 7.05 Å². The number of carbonyl (C=O) groups is 1. The van der Waals surface area contributed by atoms with Crippen molar-refractivity contribution in [1.82, 2.24) is 9.78 Å². The van der Waals surface area contributed by atoms with Crippen molar-refractivity contribution in [2.75, 3.05) is 25.2 Å². The van der Waals surface area contributed by atoms with Gasteiger partial charge in [-0.2, -0.15) is 36.7 Å². The molecular formula is C17H12Cl2F6N4O5S. The number of ether oxygens (including phenoxy) is 1. The number of nitrogens with zero attached hydrogens (tertiary/aromatic N) is 4. The molecule has 9 nitrogen and oxygen atoms in total. The smallest absolute Gasteiger partial charge is 0.446 e. The standard InChI is InChI=1S/C17H12Cl2F6N4O5S/c1-28(15(32)34-6-8(31)5-30)14-13(35(33)17(23,24)25)11(4-26)27-29(14)12-9(18)2-7(3-10(12)19)16(20,21)22/h2-3,8,30-31H,5-6H2,1H3. The Labute approximate surface area is 204 Å². The van der Waals surface area contributed by atoms with Crippen LogP contribution in [0.4, 0.5) is 37.0 Å². The van der Waals surface area contributed by atoms with Crippen molar-refractivity contribution in [1.29, 1.82) is 5.26 Å². The molecule has 35 heavy (non-hydrogen) atoms. The van der Waals surface area contributed by atoms with Gasteiger partial charge in [-0.1, -0.05) is 23.2 Å². The average molecular weight is 569 g/mol. The van der Waals surface area contributed by atoms with Gasteiger partial charge in [0.25, 0.3) is 0 Å². The van der Waals surface area contributed by atoms with E-state index in [4.69, 9.17) is 28.3 Å². The highest BCUT2D eigenvalue weighted by molar-refractivity contribution is 7.86. The fraction of sp³-hybridized carbons (Fsp3) is 0.353. The van der Waals surface area contributed by atoms with E-state index in [0.717, 1.165) is 7.05 Å². The number of rotatable bonds is 6. The Morgan fingerprint density at radius 3 is 2.26 bits per heavy atom. The van der Waals surface area contributed by atoms with E-state index >= 15 is 0 Å². The summed E-state index contributed by atoms with van der Waals surface area (Å²) in [5.74, 6) is -1.02. The third kappa shape index (κ3) is 6.16. The topological polar surface area (TPSA) is 129 Å². The molecule has 2 atom stereocenters. The van der Waals surface area contributed by atoms with Crippen LogP contribution < -0.4 is 4.90 Å². The molecule has 0 bridgehead atoms. The van der Waals surface area contributed by atoms with Gasteiger partial charge in [-0.15, -0.1) is 0 Å². The Morgan fingerprint density at radius 1 is 1.29 bits per heavy atom. The van der Waals surface area contributed by atoms with Crippen LogP contribution in [0.25, 0.3) is 5.69 Å². The number of hydrogen-bond donors (Lipinski definition) is 2. The molecule has 2 N–H and O–H groups in total. The van der Waals surface area contributed by atoms with E-state index in [-0.39, 0.29) is 0 Å². The molecule has 0 aliphatic heterocycles. The second-order valence-electron chi connectivity index (χ2n) is 6.50. The van der Waals surface area contributed by atoms with Crippen LogP contribution in [0.1, 0.15) is 11.3 Å². The molecule has 0 radical (unpaired) electrons. The number of anilines is 1. The zero-order valence-electron chi connectivity index (χ0n) is 17.0. The first-order chi connectivity index (χ1) is 16.0. The molecule has 1 aromatic carbocycles. The predicted molar refractivity (Wildman–Crippen MR) is 109 cm³/mol. The van der Waals surface area contributed by atoms with Gasteiger partial charge < -0.3 is 14.9 Å². The molecule has 2 unspecified atom stereocenters. The van der Waals surface area contributed by atoms with E-state index in [1.165, 1.54) is 6.07 Å². The zero-order valence-corrected chi connectivity index (χ0v) is 19.3. The summed E-state index contributed by atoms with van der Waals surface area (Å²) in [6.45, 7) is -1.66. The van der Waals surface area contributed by atoms with E-state index in [1.807, 2.05) is 0 Å². The van der Waals surface area contributed by atoms with Crippen LogP contribution in [0.15, 0.2) is 17.0 Å². The van der Waals surface area contributed by atoms with E-state index in [0.29, 0.717) is 21.7 Å². The number of amides is 1. The van der Waals surface area contributed by atoms with Crippen LogP contribution in [0.3, 0.4) is 0 Å². The maximum absolute atomic E-state index is 13.3. The zero-order chi connectivity index (χ0) is 26.9. The lowest BCUT2D eigenvalue weighted by Crippen LogP contribution is -2.33. The van der Waals surface area contributed by atoms with Crippen molar-refractivity contribution in [3.63, 3.8) is 0 Å². The Hall–Kier alpha value is -2.58. The summed E-state index contributed by atoms with van der Waals surface area (Å²) in [4.78, 5) is 11.4. The van der Waals surface area contributed by atoms with E-state index in [2.05, 4.69) is 9.84 Å². The van der Waals surface area contributed by atoms with Crippen LogP contribution in [0.5, 0.6) is 0 Å². The van der Waals surface area contributed by atoms with Crippen LogP contribution in [0.2, 0.25) is 10.0 Å². The summed E-state index contributed by atoms with van der Waals surface area (Å²) >= 11 is 11.8. The molecule has 0 saturated heterocycles. The third-order valence-corrected chi connectivity index (χ3v) is 5.82. The quantitative estimate of drug-likeness (QED) is 0.509. The second kappa shape index (κ2) is 10.6. The Balaban J connectivity index is 2.83. The van der Waals surface area contributed by atoms with Crippen LogP contribution in [-0.2, 0) is 21.7 Å². The van der Waals surface area contributed by atoms with E-state index in [1.54, 1.807) is 0 Å². The molecular weight excluding hydrogens is 557 g/mol. The summed E-state index contributed by atoms with van der Waals surface area (Å²) in [5.41, 5.74) is -8.57. The Bertz CT molecular complexity index is 1170. The highest BCUT2D eigenvalue weighted by Gasteiger charge is 2.44. The summed E-state index contributed by atoms with van der Waals surface area (Å²) in [6, 6.07) is 2.01. The number of hydrogen-bond acceptors (Lipinski definition) is 7. The number of aliphatic hydroxyl groups is 2. The minimum Gasteiger partial charge on any atom is -0.446 e. The SMILES string of the molecule is CN(C(=O)OCC(O)CO)c1c(S(=O)C(F)(F)F)c(C#N)nn1-c1c(Cl)cc(C(F)(F)F)cc1Cl. The highest BCUT2D eigenvalue weighted by Crippen LogP contribution is 2.42. The molecule has 0 aliphatic carbocycles. The molecule has 1 aromatic heterocycles. The number of alkyl halides is 6. The van der Waals surface area contributed by atoms with Crippen molar-refractivity contribution in [3.8, 4) is 11.8 Å². The summed E-state index contributed by atoms with van der Waals surface area (Å²) in [6.07, 6.45) is -7.95. The number of benzene rings is 1. The first kappa shape index (κ1) is 28.7. The normalized spacial score (nSPS) is 13.8. The molecule has 2 rings (SSSR count). The van der Waals surface area contributed by atoms with Gasteiger partial charge in [-0.3, -0.25) is 4.90 Å². The lowest BCUT2D eigenvalue weighted by Gasteiger charge is -2.22. The average Bonchev–Trinajstić information content (AvgIpc) is 3.12. The van der Waals surface area contributed by atoms with Gasteiger partial charge >= 0.3 is 17.8 Å². The third-order valence-electron chi connectivity index (χ3n) is 4.08. The molecule has 1 amide bonds. The number of aromatic nitrogens is 2. The second-order valence-corrected chi connectivity index (χ2v) is 8.72. The number of halogens is 8. The number of carbonyl (C=O) groups excluding carboxylic acids is 1. The fourth-order valence-electron chi connectivity index (χ4n) is 2.54. The minimum atomic E-state index is -5.46. The fourth-order valence-corrected chi connectivity index (χ4v) is 4.07. The Morgan fingerprint density at radius 2 is 1.83 bits per heavy atom. The number of aliphatic hydroxyl groups excluding tert-OH is 2. The summed E-state index contributed by atoms with van der Waals surface area (Å²) in [5, 5.41) is 29.4.